The fourth-order valence-corrected chi connectivity index (χ4v) is 2.71. The Bertz CT molecular complexity index is 384. The van der Waals surface area contributed by atoms with E-state index in [0.717, 1.165) is 18.4 Å². The van der Waals surface area contributed by atoms with Crippen LogP contribution in [0.3, 0.4) is 0 Å². The monoisotopic (exact) mass is 234 g/mol. The van der Waals surface area contributed by atoms with Gasteiger partial charge >= 0.3 is 0 Å². The van der Waals surface area contributed by atoms with Crippen molar-refractivity contribution in [2.45, 2.75) is 58.7 Å². The number of hydrogen-bond acceptors (Lipinski definition) is 2. The van der Waals surface area contributed by atoms with E-state index in [-0.39, 0.29) is 22.9 Å². The molecule has 2 nitrogen and oxygen atoms in total. The first-order valence-electron chi connectivity index (χ1n) is 6.41. The second-order valence-corrected chi connectivity index (χ2v) is 6.34. The van der Waals surface area contributed by atoms with Crippen molar-refractivity contribution in [1.29, 1.82) is 0 Å². The Hall–Kier alpha value is -0.890. The predicted octanol–water partition coefficient (Wildman–Crippen LogP) is 3.43. The van der Waals surface area contributed by atoms with Gasteiger partial charge in [-0.15, -0.1) is 0 Å². The average molecular weight is 234 g/mol. The SMILES string of the molecule is CC(C)(C)OC1CC=CC2=CC(=O)CCC21C. The minimum atomic E-state index is -0.134. The van der Waals surface area contributed by atoms with Crippen molar-refractivity contribution in [3.8, 4) is 0 Å². The Kier molecular flexibility index (Phi) is 3.03. The van der Waals surface area contributed by atoms with E-state index >= 15 is 0 Å². The van der Waals surface area contributed by atoms with E-state index in [1.54, 1.807) is 6.08 Å². The van der Waals surface area contributed by atoms with Crippen LogP contribution in [-0.4, -0.2) is 17.5 Å². The molecular weight excluding hydrogens is 212 g/mol. The number of allylic oxidation sites excluding steroid dienone is 2. The third kappa shape index (κ3) is 2.52. The number of rotatable bonds is 1. The van der Waals surface area contributed by atoms with Gasteiger partial charge in [0.15, 0.2) is 5.78 Å². The molecule has 94 valence electrons. The fraction of sp³-hybridized carbons (Fsp3) is 0.667. The summed E-state index contributed by atoms with van der Waals surface area (Å²) in [6.07, 6.45) is 8.71. The maximum absolute atomic E-state index is 11.5. The van der Waals surface area contributed by atoms with Crippen molar-refractivity contribution >= 4 is 5.78 Å². The summed E-state index contributed by atoms with van der Waals surface area (Å²) in [7, 11) is 0. The smallest absolute Gasteiger partial charge is 0.156 e. The van der Waals surface area contributed by atoms with Crippen molar-refractivity contribution in [3.05, 3.63) is 23.8 Å². The van der Waals surface area contributed by atoms with E-state index in [4.69, 9.17) is 4.74 Å². The molecule has 2 unspecified atom stereocenters. The molecule has 0 radical (unpaired) electrons. The summed E-state index contributed by atoms with van der Waals surface area (Å²) in [6.45, 7) is 8.50. The topological polar surface area (TPSA) is 26.3 Å². The maximum Gasteiger partial charge on any atom is 0.156 e. The third-order valence-corrected chi connectivity index (χ3v) is 3.72. The van der Waals surface area contributed by atoms with Gasteiger partial charge < -0.3 is 4.74 Å². The van der Waals surface area contributed by atoms with Gasteiger partial charge in [-0.2, -0.15) is 0 Å². The molecule has 0 heterocycles. The average Bonchev–Trinajstić information content (AvgIpc) is 2.19. The number of hydrogen-bond donors (Lipinski definition) is 0. The van der Waals surface area contributed by atoms with Crippen LogP contribution in [0.5, 0.6) is 0 Å². The highest BCUT2D eigenvalue weighted by Gasteiger charge is 2.42. The van der Waals surface area contributed by atoms with Crippen LogP contribution in [0.1, 0.15) is 47.0 Å². The fourth-order valence-electron chi connectivity index (χ4n) is 2.71. The number of ether oxygens (including phenoxy) is 1. The lowest BCUT2D eigenvalue weighted by atomic mass is 9.66. The Morgan fingerprint density at radius 3 is 2.76 bits per heavy atom. The quantitative estimate of drug-likeness (QED) is 0.695. The van der Waals surface area contributed by atoms with Crippen LogP contribution >= 0.6 is 0 Å². The molecule has 0 fully saturated rings. The van der Waals surface area contributed by atoms with E-state index < -0.39 is 0 Å². The molecular formula is C15H22O2. The molecule has 2 aliphatic rings. The lowest BCUT2D eigenvalue weighted by molar-refractivity contribution is -0.121. The van der Waals surface area contributed by atoms with Gasteiger partial charge in [0.05, 0.1) is 11.7 Å². The highest BCUT2D eigenvalue weighted by Crippen LogP contribution is 2.46. The van der Waals surface area contributed by atoms with Crippen molar-refractivity contribution in [3.63, 3.8) is 0 Å². The molecule has 0 aromatic carbocycles. The third-order valence-electron chi connectivity index (χ3n) is 3.72. The van der Waals surface area contributed by atoms with Crippen LogP contribution in [0, 0.1) is 5.41 Å². The zero-order valence-corrected chi connectivity index (χ0v) is 11.2. The van der Waals surface area contributed by atoms with Gasteiger partial charge in [-0.05, 0) is 45.3 Å². The lowest BCUT2D eigenvalue weighted by Gasteiger charge is -2.45. The minimum Gasteiger partial charge on any atom is -0.371 e. The Morgan fingerprint density at radius 2 is 2.12 bits per heavy atom. The molecule has 0 aromatic heterocycles. The molecule has 0 amide bonds. The Morgan fingerprint density at radius 1 is 1.41 bits per heavy atom. The minimum absolute atomic E-state index is 0.00986. The van der Waals surface area contributed by atoms with Crippen LogP contribution in [0.25, 0.3) is 0 Å². The van der Waals surface area contributed by atoms with Crippen LogP contribution < -0.4 is 0 Å². The zero-order chi connectivity index (χ0) is 12.7. The van der Waals surface area contributed by atoms with Crippen molar-refractivity contribution in [2.75, 3.05) is 0 Å². The zero-order valence-electron chi connectivity index (χ0n) is 11.2. The lowest BCUT2D eigenvalue weighted by Crippen LogP contribution is -2.43. The molecule has 0 N–H and O–H groups in total. The number of carbonyl (C=O) groups excluding carboxylic acids is 1. The number of carbonyl (C=O) groups is 1. The Labute approximate surface area is 104 Å². The predicted molar refractivity (Wildman–Crippen MR) is 68.8 cm³/mol. The van der Waals surface area contributed by atoms with Gasteiger partial charge in [-0.25, -0.2) is 0 Å². The molecule has 0 saturated heterocycles. The van der Waals surface area contributed by atoms with E-state index in [9.17, 15) is 4.79 Å². The second-order valence-electron chi connectivity index (χ2n) is 6.34. The largest absolute Gasteiger partial charge is 0.371 e. The van der Waals surface area contributed by atoms with Gasteiger partial charge in [0.25, 0.3) is 0 Å². The molecule has 0 saturated carbocycles. The molecule has 2 atom stereocenters. The molecule has 2 rings (SSSR count). The number of fused-ring (bicyclic) bond motifs is 1. The van der Waals surface area contributed by atoms with Crippen LogP contribution in [0.2, 0.25) is 0 Å². The van der Waals surface area contributed by atoms with Gasteiger partial charge in [-0.1, -0.05) is 19.1 Å². The van der Waals surface area contributed by atoms with Gasteiger partial charge in [0.1, 0.15) is 0 Å². The van der Waals surface area contributed by atoms with Crippen molar-refractivity contribution < 1.29 is 9.53 Å². The molecule has 2 heteroatoms. The first-order valence-corrected chi connectivity index (χ1v) is 6.41. The Balaban J connectivity index is 2.29. The highest BCUT2D eigenvalue weighted by atomic mass is 16.5. The van der Waals surface area contributed by atoms with Crippen molar-refractivity contribution in [1.82, 2.24) is 0 Å². The molecule has 0 bridgehead atoms. The molecule has 0 aromatic rings. The summed E-state index contributed by atoms with van der Waals surface area (Å²) in [5.74, 6) is 0.249. The first kappa shape index (κ1) is 12.6. The van der Waals surface area contributed by atoms with Crippen LogP contribution in [0.4, 0.5) is 0 Å². The molecule has 17 heavy (non-hydrogen) atoms. The maximum atomic E-state index is 11.5. The summed E-state index contributed by atoms with van der Waals surface area (Å²) in [5, 5.41) is 0. The van der Waals surface area contributed by atoms with E-state index in [1.807, 2.05) is 0 Å². The summed E-state index contributed by atoms with van der Waals surface area (Å²) in [4.78, 5) is 11.5. The molecule has 0 aliphatic heterocycles. The summed E-state index contributed by atoms with van der Waals surface area (Å²) < 4.78 is 6.18. The molecule has 2 aliphatic carbocycles. The van der Waals surface area contributed by atoms with E-state index in [0.29, 0.717) is 6.42 Å². The van der Waals surface area contributed by atoms with Gasteiger partial charge in [-0.3, -0.25) is 4.79 Å². The molecule has 0 spiro atoms. The summed E-state index contributed by atoms with van der Waals surface area (Å²) in [5.41, 5.74) is 1.02. The highest BCUT2D eigenvalue weighted by molar-refractivity contribution is 5.92. The van der Waals surface area contributed by atoms with E-state index in [1.165, 1.54) is 0 Å². The van der Waals surface area contributed by atoms with Gasteiger partial charge in [0, 0.05) is 11.8 Å². The van der Waals surface area contributed by atoms with Crippen LogP contribution in [0.15, 0.2) is 23.8 Å². The summed E-state index contributed by atoms with van der Waals surface area (Å²) in [6, 6.07) is 0. The van der Waals surface area contributed by atoms with Crippen molar-refractivity contribution in [2.24, 2.45) is 5.41 Å². The number of ketones is 1. The normalized spacial score (nSPS) is 33.3. The second kappa shape index (κ2) is 4.09. The first-order chi connectivity index (χ1) is 7.81. The summed E-state index contributed by atoms with van der Waals surface area (Å²) >= 11 is 0. The standard InChI is InChI=1S/C15H22O2/c1-14(2,3)17-13-7-5-6-11-10-12(16)8-9-15(11,13)4/h5-6,10,13H,7-9H2,1-4H3. The van der Waals surface area contributed by atoms with Crippen LogP contribution in [-0.2, 0) is 9.53 Å². The van der Waals surface area contributed by atoms with Gasteiger partial charge in [0.2, 0.25) is 0 Å². The van der Waals surface area contributed by atoms with E-state index in [2.05, 4.69) is 39.8 Å².